The van der Waals surface area contributed by atoms with Crippen molar-refractivity contribution in [2.75, 3.05) is 5.73 Å². The molecule has 0 bridgehead atoms. The summed E-state index contributed by atoms with van der Waals surface area (Å²) >= 11 is 0. The Bertz CT molecular complexity index is 240. The zero-order valence-electron chi connectivity index (χ0n) is 5.39. The lowest BCUT2D eigenvalue weighted by Crippen LogP contribution is -2.05. The van der Waals surface area contributed by atoms with Gasteiger partial charge in [0.05, 0.1) is 5.56 Å². The van der Waals surface area contributed by atoms with Crippen LogP contribution < -0.4 is 5.73 Å². The molecule has 5 heteroatoms. The highest BCUT2D eigenvalue weighted by Gasteiger charge is 2.30. The number of alkyl halides is 3. The van der Waals surface area contributed by atoms with Crippen molar-refractivity contribution in [2.45, 2.75) is 13.6 Å². The molecule has 0 radical (unpaired) electrons. The Morgan fingerprint density at radius 3 is 2.17 bits per heavy atom. The Kier molecular flexibility index (Phi) is 3.06. The van der Waals surface area contributed by atoms with Crippen molar-refractivity contribution in [3.8, 4) is 0 Å². The average Bonchev–Trinajstić information content (AvgIpc) is 1.86. The number of nitrogens with zero attached hydrogens (tertiary/aromatic N) is 1. The van der Waals surface area contributed by atoms with Gasteiger partial charge in [-0.2, -0.15) is 13.2 Å². The number of halogens is 3. The predicted molar refractivity (Wildman–Crippen MR) is 40.4 cm³/mol. The smallest absolute Gasteiger partial charge is 0.384 e. The molecule has 1 rings (SSSR count). The first-order chi connectivity index (χ1) is 5.00. The number of hydrogen-bond donors (Lipinski definition) is 1. The Morgan fingerprint density at radius 1 is 1.25 bits per heavy atom. The van der Waals surface area contributed by atoms with Gasteiger partial charge < -0.3 is 5.73 Å². The second-order valence-corrected chi connectivity index (χ2v) is 1.97. The van der Waals surface area contributed by atoms with Crippen molar-refractivity contribution in [1.29, 1.82) is 0 Å². The fourth-order valence-corrected chi connectivity index (χ4v) is 0.573. The summed E-state index contributed by atoms with van der Waals surface area (Å²) in [5.41, 5.74) is 4.31. The number of pyridine rings is 1. The van der Waals surface area contributed by atoms with Gasteiger partial charge >= 0.3 is 6.18 Å². The first kappa shape index (κ1) is 10.7. The van der Waals surface area contributed by atoms with Crippen molar-refractivity contribution < 1.29 is 13.2 Å². The maximum absolute atomic E-state index is 11.8. The monoisotopic (exact) mass is 178 g/mol. The molecule has 1 aromatic rings. The molecule has 0 unspecified atom stereocenters. The molecule has 0 aliphatic rings. The third-order valence-electron chi connectivity index (χ3n) is 1.11. The molecule has 0 fully saturated rings. The molecule has 0 aliphatic heterocycles. The Morgan fingerprint density at radius 2 is 1.83 bits per heavy atom. The summed E-state index contributed by atoms with van der Waals surface area (Å²) in [4.78, 5) is 3.30. The van der Waals surface area contributed by atoms with Gasteiger partial charge in [0.15, 0.2) is 0 Å². The third kappa shape index (κ3) is 2.41. The van der Waals surface area contributed by atoms with E-state index < -0.39 is 11.7 Å². The van der Waals surface area contributed by atoms with E-state index in [9.17, 15) is 13.2 Å². The van der Waals surface area contributed by atoms with Gasteiger partial charge in [-0.25, -0.2) is 4.98 Å². The van der Waals surface area contributed by atoms with Crippen LogP contribution in [0, 0.1) is 0 Å². The van der Waals surface area contributed by atoms with Gasteiger partial charge in [0.25, 0.3) is 0 Å². The van der Waals surface area contributed by atoms with Gasteiger partial charge in [-0.3, -0.25) is 0 Å². The van der Waals surface area contributed by atoms with E-state index in [1.807, 2.05) is 0 Å². The van der Waals surface area contributed by atoms with Gasteiger partial charge in [-0.05, 0) is 12.1 Å². The van der Waals surface area contributed by atoms with Crippen LogP contribution in [0.3, 0.4) is 0 Å². The Labute approximate surface area is 68.2 Å². The molecule has 68 valence electrons. The van der Waals surface area contributed by atoms with Crippen molar-refractivity contribution in [1.82, 2.24) is 4.98 Å². The van der Waals surface area contributed by atoms with Gasteiger partial charge in [0.1, 0.15) is 5.82 Å². The maximum Gasteiger partial charge on any atom is 0.417 e. The van der Waals surface area contributed by atoms with Crippen molar-refractivity contribution in [3.05, 3.63) is 23.9 Å². The molecule has 1 aromatic heterocycles. The summed E-state index contributed by atoms with van der Waals surface area (Å²) in [5.74, 6) is 0.0815. The molecule has 0 spiro atoms. The molecule has 12 heavy (non-hydrogen) atoms. The molecule has 2 N–H and O–H groups in total. The predicted octanol–water partition coefficient (Wildman–Crippen LogP) is 2.32. The average molecular weight is 178 g/mol. The van der Waals surface area contributed by atoms with Crippen LogP contribution in [-0.2, 0) is 6.18 Å². The molecular formula is C7H9F3N2. The summed E-state index contributed by atoms with van der Waals surface area (Å²) in [6.07, 6.45) is -3.63. The molecule has 0 aliphatic carbocycles. The molecule has 1 heterocycles. The van der Waals surface area contributed by atoms with E-state index in [2.05, 4.69) is 4.98 Å². The van der Waals surface area contributed by atoms with E-state index in [0.717, 1.165) is 12.1 Å². The summed E-state index contributed by atoms with van der Waals surface area (Å²) in [7, 11) is 0. The van der Waals surface area contributed by atoms with E-state index in [-0.39, 0.29) is 13.2 Å². The Balaban J connectivity index is 0.00000121. The number of aromatic nitrogens is 1. The second kappa shape index (κ2) is 3.42. The summed E-state index contributed by atoms with van der Waals surface area (Å²) in [6, 6.07) is 2.01. The topological polar surface area (TPSA) is 38.9 Å². The molecule has 2 nitrogen and oxygen atoms in total. The molecule has 0 atom stereocenters. The van der Waals surface area contributed by atoms with E-state index in [0.29, 0.717) is 6.20 Å². The van der Waals surface area contributed by atoms with Gasteiger partial charge in [-0.15, -0.1) is 0 Å². The number of rotatable bonds is 0. The van der Waals surface area contributed by atoms with Crippen LogP contribution in [0.25, 0.3) is 0 Å². The highest BCUT2D eigenvalue weighted by atomic mass is 19.4. The fraction of sp³-hybridized carbons (Fsp3) is 0.286. The second-order valence-electron chi connectivity index (χ2n) is 1.97. The van der Waals surface area contributed by atoms with Crippen LogP contribution in [0.1, 0.15) is 13.0 Å². The van der Waals surface area contributed by atoms with Gasteiger partial charge in [0, 0.05) is 6.20 Å². The van der Waals surface area contributed by atoms with Crippen molar-refractivity contribution in [2.24, 2.45) is 0 Å². The largest absolute Gasteiger partial charge is 0.417 e. The number of nitrogen functional groups attached to an aromatic ring is 1. The first-order valence-corrected chi connectivity index (χ1v) is 2.79. The molecular weight excluding hydrogens is 169 g/mol. The SMILES string of the molecule is C.Nc1ccc(C(F)(F)F)cn1. The minimum absolute atomic E-state index is 0. The third-order valence-corrected chi connectivity index (χ3v) is 1.11. The molecule has 0 aromatic carbocycles. The number of nitrogens with two attached hydrogens (primary N) is 1. The molecule has 0 saturated carbocycles. The zero-order valence-corrected chi connectivity index (χ0v) is 5.39. The summed E-state index contributed by atoms with van der Waals surface area (Å²) in [6.45, 7) is 0. The summed E-state index contributed by atoms with van der Waals surface area (Å²) < 4.78 is 35.5. The quantitative estimate of drug-likeness (QED) is 0.662. The van der Waals surface area contributed by atoms with Crippen LogP contribution in [0.4, 0.5) is 19.0 Å². The minimum Gasteiger partial charge on any atom is -0.384 e. The normalized spacial score (nSPS) is 10.6. The van der Waals surface area contributed by atoms with E-state index in [4.69, 9.17) is 5.73 Å². The highest BCUT2D eigenvalue weighted by Crippen LogP contribution is 2.28. The van der Waals surface area contributed by atoms with Crippen LogP contribution in [0.2, 0.25) is 0 Å². The molecule has 0 amide bonds. The lowest BCUT2D eigenvalue weighted by Gasteiger charge is -2.04. The number of anilines is 1. The Hall–Kier alpha value is -1.26. The minimum atomic E-state index is -4.33. The summed E-state index contributed by atoms with van der Waals surface area (Å²) in [5, 5.41) is 0. The first-order valence-electron chi connectivity index (χ1n) is 2.79. The van der Waals surface area contributed by atoms with E-state index >= 15 is 0 Å². The van der Waals surface area contributed by atoms with Crippen LogP contribution >= 0.6 is 0 Å². The van der Waals surface area contributed by atoms with Crippen molar-refractivity contribution >= 4 is 5.82 Å². The van der Waals surface area contributed by atoms with Crippen LogP contribution in [-0.4, -0.2) is 4.98 Å². The van der Waals surface area contributed by atoms with E-state index in [1.54, 1.807) is 0 Å². The van der Waals surface area contributed by atoms with Gasteiger partial charge in [-0.1, -0.05) is 7.43 Å². The fourth-order valence-electron chi connectivity index (χ4n) is 0.573. The van der Waals surface area contributed by atoms with Crippen LogP contribution in [0.5, 0.6) is 0 Å². The lowest BCUT2D eigenvalue weighted by atomic mass is 10.3. The lowest BCUT2D eigenvalue weighted by molar-refractivity contribution is -0.137. The maximum atomic E-state index is 11.8. The molecule has 0 saturated heterocycles. The zero-order chi connectivity index (χ0) is 8.48. The van der Waals surface area contributed by atoms with E-state index in [1.165, 1.54) is 0 Å². The van der Waals surface area contributed by atoms with Crippen molar-refractivity contribution in [3.63, 3.8) is 0 Å². The van der Waals surface area contributed by atoms with Crippen LogP contribution in [0.15, 0.2) is 18.3 Å². The number of hydrogen-bond acceptors (Lipinski definition) is 2. The standard InChI is InChI=1S/C6H5F3N2.CH4/c7-6(8,9)4-1-2-5(10)11-3-4;/h1-3H,(H2,10,11);1H4. The highest BCUT2D eigenvalue weighted by molar-refractivity contribution is 5.30. The van der Waals surface area contributed by atoms with Gasteiger partial charge in [0.2, 0.25) is 0 Å².